The molecule has 26 heavy (non-hydrogen) atoms. The fourth-order valence-corrected chi connectivity index (χ4v) is 3.15. The Morgan fingerprint density at radius 3 is 2.58 bits per heavy atom. The third kappa shape index (κ3) is 3.77. The molecule has 9 heteroatoms. The summed E-state index contributed by atoms with van der Waals surface area (Å²) in [5.41, 5.74) is 1.95. The largest absolute Gasteiger partial charge is 0.465 e. The van der Waals surface area contributed by atoms with E-state index in [-0.39, 0.29) is 24.2 Å². The van der Waals surface area contributed by atoms with Crippen LogP contribution in [0.1, 0.15) is 13.8 Å². The second-order valence-electron chi connectivity index (χ2n) is 5.27. The summed E-state index contributed by atoms with van der Waals surface area (Å²) in [6, 6.07) is 7.57. The molecule has 2 heterocycles. The van der Waals surface area contributed by atoms with Crippen molar-refractivity contribution in [3.05, 3.63) is 24.3 Å². The van der Waals surface area contributed by atoms with Gasteiger partial charge < -0.3 is 14.0 Å². The summed E-state index contributed by atoms with van der Waals surface area (Å²) in [6.07, 6.45) is 0. The van der Waals surface area contributed by atoms with Gasteiger partial charge in [-0.05, 0) is 19.9 Å². The number of fused-ring (bicyclic) bond motifs is 3. The molecule has 0 atom stereocenters. The van der Waals surface area contributed by atoms with Gasteiger partial charge in [0.1, 0.15) is 12.1 Å². The number of hydrogen-bond acceptors (Lipinski definition) is 8. The van der Waals surface area contributed by atoms with Crippen LogP contribution >= 0.6 is 11.8 Å². The van der Waals surface area contributed by atoms with Gasteiger partial charge in [0.15, 0.2) is 5.65 Å². The first-order valence-corrected chi connectivity index (χ1v) is 9.18. The molecule has 0 unspecified atom stereocenters. The number of benzene rings is 1. The third-order valence-corrected chi connectivity index (χ3v) is 4.38. The van der Waals surface area contributed by atoms with E-state index in [9.17, 15) is 9.59 Å². The highest BCUT2D eigenvalue weighted by Crippen LogP contribution is 2.27. The first kappa shape index (κ1) is 18.1. The van der Waals surface area contributed by atoms with Crippen LogP contribution in [0.4, 0.5) is 0 Å². The Labute approximate surface area is 153 Å². The second-order valence-corrected chi connectivity index (χ2v) is 6.21. The standard InChI is InChI=1S/C17H18N4O4S/c1-3-24-13(22)9-21-12-8-6-5-7-11(12)15-16(21)18-17(20-19-15)26-10-14(23)25-4-2/h5-8H,3-4,9-10H2,1-2H3. The Morgan fingerprint density at radius 1 is 1.08 bits per heavy atom. The average Bonchev–Trinajstić information content (AvgIpc) is 2.94. The number of aromatic nitrogens is 4. The van der Waals surface area contributed by atoms with E-state index in [1.807, 2.05) is 24.3 Å². The Balaban J connectivity index is 1.99. The van der Waals surface area contributed by atoms with Crippen LogP contribution in [0, 0.1) is 0 Å². The summed E-state index contributed by atoms with van der Waals surface area (Å²) in [6.45, 7) is 4.17. The molecule has 0 amide bonds. The number of hydrogen-bond donors (Lipinski definition) is 0. The van der Waals surface area contributed by atoms with E-state index < -0.39 is 0 Å². The molecular weight excluding hydrogens is 356 g/mol. The molecule has 136 valence electrons. The number of thioether (sulfide) groups is 1. The summed E-state index contributed by atoms with van der Waals surface area (Å²) in [7, 11) is 0. The minimum absolute atomic E-state index is 0.0263. The van der Waals surface area contributed by atoms with Crippen LogP contribution in [-0.4, -0.2) is 50.7 Å². The van der Waals surface area contributed by atoms with Gasteiger partial charge in [0.25, 0.3) is 0 Å². The maximum Gasteiger partial charge on any atom is 0.326 e. The molecule has 0 saturated carbocycles. The quantitative estimate of drug-likeness (QED) is 0.459. The van der Waals surface area contributed by atoms with E-state index in [0.717, 1.165) is 22.7 Å². The predicted octanol–water partition coefficient (Wildman–Crippen LogP) is 2.20. The van der Waals surface area contributed by atoms with Gasteiger partial charge in [0.05, 0.1) is 24.5 Å². The monoisotopic (exact) mass is 374 g/mol. The first-order chi connectivity index (χ1) is 12.6. The van der Waals surface area contributed by atoms with Crippen molar-refractivity contribution in [3.8, 4) is 0 Å². The fraction of sp³-hybridized carbons (Fsp3) is 0.353. The molecule has 0 radical (unpaired) electrons. The van der Waals surface area contributed by atoms with E-state index in [2.05, 4.69) is 15.2 Å². The molecule has 0 bridgehead atoms. The molecule has 0 spiro atoms. The van der Waals surface area contributed by atoms with Crippen molar-refractivity contribution in [2.75, 3.05) is 19.0 Å². The van der Waals surface area contributed by atoms with Gasteiger partial charge in [0, 0.05) is 5.39 Å². The highest BCUT2D eigenvalue weighted by atomic mass is 32.2. The third-order valence-electron chi connectivity index (χ3n) is 3.57. The molecule has 0 saturated heterocycles. The number of nitrogens with zero attached hydrogens (tertiary/aromatic N) is 4. The Morgan fingerprint density at radius 2 is 1.81 bits per heavy atom. The first-order valence-electron chi connectivity index (χ1n) is 8.19. The van der Waals surface area contributed by atoms with Crippen molar-refractivity contribution >= 4 is 45.8 Å². The van der Waals surface area contributed by atoms with E-state index in [0.29, 0.717) is 29.5 Å². The van der Waals surface area contributed by atoms with E-state index in [1.165, 1.54) is 0 Å². The Hall–Kier alpha value is -2.68. The van der Waals surface area contributed by atoms with Gasteiger partial charge in [-0.2, -0.15) is 0 Å². The number of ether oxygens (including phenoxy) is 2. The molecule has 3 rings (SSSR count). The molecule has 3 aromatic rings. The van der Waals surface area contributed by atoms with Gasteiger partial charge in [0.2, 0.25) is 5.16 Å². The highest BCUT2D eigenvalue weighted by Gasteiger charge is 2.17. The summed E-state index contributed by atoms with van der Waals surface area (Å²) < 4.78 is 11.7. The van der Waals surface area contributed by atoms with Gasteiger partial charge >= 0.3 is 11.9 Å². The molecule has 0 N–H and O–H groups in total. The van der Waals surface area contributed by atoms with Gasteiger partial charge in [-0.15, -0.1) is 10.2 Å². The number of carbonyl (C=O) groups excluding carboxylic acids is 2. The lowest BCUT2D eigenvalue weighted by Gasteiger charge is -2.06. The molecule has 8 nitrogen and oxygen atoms in total. The predicted molar refractivity (Wildman–Crippen MR) is 96.8 cm³/mol. The van der Waals surface area contributed by atoms with Crippen LogP contribution in [0.2, 0.25) is 0 Å². The zero-order chi connectivity index (χ0) is 18.5. The van der Waals surface area contributed by atoms with Crippen molar-refractivity contribution < 1.29 is 19.1 Å². The summed E-state index contributed by atoms with van der Waals surface area (Å²) in [5.74, 6) is -0.596. The molecule has 0 aliphatic heterocycles. The normalized spacial score (nSPS) is 11.0. The van der Waals surface area contributed by atoms with Crippen LogP contribution in [-0.2, 0) is 25.6 Å². The number of para-hydroxylation sites is 1. The van der Waals surface area contributed by atoms with E-state index in [1.54, 1.807) is 18.4 Å². The minimum Gasteiger partial charge on any atom is -0.465 e. The number of esters is 2. The Bertz CT molecular complexity index is 956. The molecule has 1 aromatic carbocycles. The van der Waals surface area contributed by atoms with E-state index >= 15 is 0 Å². The topological polar surface area (TPSA) is 96.2 Å². The molecule has 0 aliphatic rings. The molecule has 0 fully saturated rings. The molecule has 0 aliphatic carbocycles. The number of carbonyl (C=O) groups is 2. The van der Waals surface area contributed by atoms with Crippen molar-refractivity contribution in [1.29, 1.82) is 0 Å². The van der Waals surface area contributed by atoms with Crippen LogP contribution in [0.15, 0.2) is 29.4 Å². The lowest BCUT2D eigenvalue weighted by atomic mass is 10.2. The van der Waals surface area contributed by atoms with Crippen LogP contribution in [0.5, 0.6) is 0 Å². The summed E-state index contributed by atoms with van der Waals surface area (Å²) in [4.78, 5) is 28.0. The van der Waals surface area contributed by atoms with Crippen molar-refractivity contribution in [1.82, 2.24) is 19.7 Å². The maximum atomic E-state index is 12.0. The lowest BCUT2D eigenvalue weighted by molar-refractivity contribution is -0.143. The maximum absolute atomic E-state index is 12.0. The van der Waals surface area contributed by atoms with E-state index in [4.69, 9.17) is 9.47 Å². The minimum atomic E-state index is -0.352. The van der Waals surface area contributed by atoms with Gasteiger partial charge in [-0.1, -0.05) is 30.0 Å². The van der Waals surface area contributed by atoms with Crippen LogP contribution < -0.4 is 0 Å². The summed E-state index contributed by atoms with van der Waals surface area (Å²) >= 11 is 1.14. The highest BCUT2D eigenvalue weighted by molar-refractivity contribution is 7.99. The molecule has 2 aromatic heterocycles. The van der Waals surface area contributed by atoms with Gasteiger partial charge in [-0.25, -0.2) is 4.98 Å². The lowest BCUT2D eigenvalue weighted by Crippen LogP contribution is -2.14. The van der Waals surface area contributed by atoms with Crippen LogP contribution in [0.3, 0.4) is 0 Å². The van der Waals surface area contributed by atoms with Crippen molar-refractivity contribution in [2.45, 2.75) is 25.5 Å². The van der Waals surface area contributed by atoms with Crippen molar-refractivity contribution in [3.63, 3.8) is 0 Å². The van der Waals surface area contributed by atoms with Crippen LogP contribution in [0.25, 0.3) is 22.1 Å². The van der Waals surface area contributed by atoms with Crippen molar-refractivity contribution in [2.24, 2.45) is 0 Å². The average molecular weight is 374 g/mol. The van der Waals surface area contributed by atoms with Gasteiger partial charge in [-0.3, -0.25) is 9.59 Å². The fourth-order valence-electron chi connectivity index (χ4n) is 2.57. The second kappa shape index (κ2) is 8.13. The zero-order valence-electron chi connectivity index (χ0n) is 14.5. The smallest absolute Gasteiger partial charge is 0.326 e. The SMILES string of the molecule is CCOC(=O)CSc1nnc2c3ccccc3n(CC(=O)OCC)c2n1. The zero-order valence-corrected chi connectivity index (χ0v) is 15.3. The number of rotatable bonds is 7. The Kier molecular flexibility index (Phi) is 5.67. The summed E-state index contributed by atoms with van der Waals surface area (Å²) in [5, 5.41) is 9.53. The molecular formula is C17H18N4O4S.